The molecule has 27 heavy (non-hydrogen) atoms. The van der Waals surface area contributed by atoms with Gasteiger partial charge in [0.25, 0.3) is 0 Å². The monoisotopic (exact) mass is 389 g/mol. The largest absolute Gasteiger partial charge is 0.325 e. The summed E-state index contributed by atoms with van der Waals surface area (Å²) in [6.07, 6.45) is 0. The number of sulfone groups is 1. The van der Waals surface area contributed by atoms with Gasteiger partial charge in [0, 0.05) is 5.69 Å². The van der Waals surface area contributed by atoms with Crippen molar-refractivity contribution in [1.29, 1.82) is 0 Å². The molecule has 1 amide bonds. The van der Waals surface area contributed by atoms with Crippen molar-refractivity contribution >= 4 is 21.4 Å². The Bertz CT molecular complexity index is 1080. The number of carbonyl (C=O) groups is 1. The Morgan fingerprint density at radius 3 is 2.52 bits per heavy atom. The van der Waals surface area contributed by atoms with Gasteiger partial charge in [0.15, 0.2) is 15.7 Å². The molecule has 0 aliphatic rings. The van der Waals surface area contributed by atoms with E-state index >= 15 is 0 Å². The molecule has 3 aromatic rings. The van der Waals surface area contributed by atoms with Crippen LogP contribution in [0.4, 0.5) is 10.1 Å². The summed E-state index contributed by atoms with van der Waals surface area (Å²) in [6, 6.07) is 11.0. The summed E-state index contributed by atoms with van der Waals surface area (Å²) >= 11 is 0. The van der Waals surface area contributed by atoms with Crippen LogP contribution >= 0.6 is 0 Å². The molecule has 0 aliphatic carbocycles. The minimum absolute atomic E-state index is 0.121. The lowest BCUT2D eigenvalue weighted by molar-refractivity contribution is -0.115. The highest BCUT2D eigenvalue weighted by atomic mass is 32.2. The number of nitrogens with one attached hydrogen (secondary N) is 1. The molecule has 0 fully saturated rings. The quantitative estimate of drug-likeness (QED) is 0.668. The molecule has 2 aromatic carbocycles. The summed E-state index contributed by atoms with van der Waals surface area (Å²) in [6.45, 7) is 3.01. The van der Waals surface area contributed by atoms with Gasteiger partial charge in [0.2, 0.25) is 5.91 Å². The van der Waals surface area contributed by atoms with Crippen LogP contribution in [0.15, 0.2) is 53.4 Å². The SMILES string of the molecule is Cc1nnnn1-c1cccc(NC(=O)C(C)S(=O)(=O)c2ccc(F)cc2)c1. The van der Waals surface area contributed by atoms with Crippen molar-refractivity contribution in [2.24, 2.45) is 0 Å². The Labute approximate surface area is 154 Å². The van der Waals surface area contributed by atoms with Crippen LogP contribution in [-0.2, 0) is 14.6 Å². The van der Waals surface area contributed by atoms with Gasteiger partial charge >= 0.3 is 0 Å². The number of halogens is 1. The van der Waals surface area contributed by atoms with E-state index in [0.717, 1.165) is 24.3 Å². The van der Waals surface area contributed by atoms with Crippen molar-refractivity contribution in [3.63, 3.8) is 0 Å². The average molecular weight is 389 g/mol. The van der Waals surface area contributed by atoms with Gasteiger partial charge in [-0.3, -0.25) is 4.79 Å². The van der Waals surface area contributed by atoms with Gasteiger partial charge < -0.3 is 5.32 Å². The van der Waals surface area contributed by atoms with Crippen molar-refractivity contribution < 1.29 is 17.6 Å². The molecule has 1 atom stereocenters. The van der Waals surface area contributed by atoms with Crippen LogP contribution in [0.3, 0.4) is 0 Å². The lowest BCUT2D eigenvalue weighted by atomic mass is 10.2. The van der Waals surface area contributed by atoms with E-state index in [1.807, 2.05) is 0 Å². The maximum absolute atomic E-state index is 13.0. The van der Waals surface area contributed by atoms with Gasteiger partial charge in [0.1, 0.15) is 11.1 Å². The molecule has 0 saturated carbocycles. The first kappa shape index (κ1) is 18.6. The second-order valence-corrected chi connectivity index (χ2v) is 8.09. The van der Waals surface area contributed by atoms with E-state index in [0.29, 0.717) is 17.2 Å². The van der Waals surface area contributed by atoms with E-state index in [9.17, 15) is 17.6 Å². The third-order valence-electron chi connectivity index (χ3n) is 3.96. The molecule has 3 rings (SSSR count). The average Bonchev–Trinajstić information content (AvgIpc) is 3.07. The Morgan fingerprint density at radius 1 is 1.19 bits per heavy atom. The third kappa shape index (κ3) is 3.85. The van der Waals surface area contributed by atoms with Crippen molar-refractivity contribution in [2.45, 2.75) is 24.0 Å². The number of hydrogen-bond donors (Lipinski definition) is 1. The minimum Gasteiger partial charge on any atom is -0.325 e. The van der Waals surface area contributed by atoms with Crippen molar-refractivity contribution in [3.8, 4) is 5.69 Å². The third-order valence-corrected chi connectivity index (χ3v) is 6.03. The van der Waals surface area contributed by atoms with Crippen LogP contribution < -0.4 is 5.32 Å². The van der Waals surface area contributed by atoms with E-state index in [2.05, 4.69) is 20.8 Å². The fraction of sp³-hybridized carbons (Fsp3) is 0.176. The number of aromatic nitrogens is 4. The number of amides is 1. The van der Waals surface area contributed by atoms with Crippen molar-refractivity contribution in [1.82, 2.24) is 20.2 Å². The summed E-state index contributed by atoms with van der Waals surface area (Å²) in [7, 11) is -3.95. The standard InChI is InChI=1S/C17H16FN5O3S/c1-11(27(25,26)16-8-6-13(18)7-9-16)17(24)19-14-4-3-5-15(10-14)23-12(2)20-21-22-23/h3-11H,1-2H3,(H,19,24). The Hall–Kier alpha value is -3.14. The number of nitrogens with zero attached hydrogens (tertiary/aromatic N) is 4. The maximum Gasteiger partial charge on any atom is 0.242 e. The predicted molar refractivity (Wildman–Crippen MR) is 95.6 cm³/mol. The first-order valence-electron chi connectivity index (χ1n) is 7.95. The fourth-order valence-corrected chi connectivity index (χ4v) is 3.66. The Morgan fingerprint density at radius 2 is 1.89 bits per heavy atom. The Balaban J connectivity index is 1.81. The summed E-state index contributed by atoms with van der Waals surface area (Å²) in [5, 5.41) is 12.4. The molecule has 1 aromatic heterocycles. The summed E-state index contributed by atoms with van der Waals surface area (Å²) in [5.74, 6) is -0.698. The first-order valence-corrected chi connectivity index (χ1v) is 9.49. The van der Waals surface area contributed by atoms with Gasteiger partial charge in [0.05, 0.1) is 10.6 Å². The second kappa shape index (κ2) is 7.23. The van der Waals surface area contributed by atoms with Gasteiger partial charge in [-0.05, 0) is 66.7 Å². The molecule has 0 spiro atoms. The smallest absolute Gasteiger partial charge is 0.242 e. The molecule has 1 heterocycles. The van der Waals surface area contributed by atoms with E-state index in [1.165, 1.54) is 11.6 Å². The molecule has 10 heteroatoms. The highest BCUT2D eigenvalue weighted by molar-refractivity contribution is 7.92. The molecule has 0 bridgehead atoms. The first-order chi connectivity index (χ1) is 12.8. The van der Waals surface area contributed by atoms with Crippen LogP contribution in [0.1, 0.15) is 12.7 Å². The number of hydrogen-bond acceptors (Lipinski definition) is 6. The van der Waals surface area contributed by atoms with Crippen LogP contribution in [0, 0.1) is 12.7 Å². The molecule has 1 unspecified atom stereocenters. The number of benzene rings is 2. The zero-order valence-corrected chi connectivity index (χ0v) is 15.3. The molecule has 1 N–H and O–H groups in total. The van der Waals surface area contributed by atoms with E-state index in [-0.39, 0.29) is 4.90 Å². The topological polar surface area (TPSA) is 107 Å². The molecule has 8 nitrogen and oxygen atoms in total. The van der Waals surface area contributed by atoms with E-state index in [4.69, 9.17) is 0 Å². The lowest BCUT2D eigenvalue weighted by Crippen LogP contribution is -2.32. The van der Waals surface area contributed by atoms with Gasteiger partial charge in [-0.25, -0.2) is 12.8 Å². The summed E-state index contributed by atoms with van der Waals surface area (Å²) in [4.78, 5) is 12.3. The zero-order chi connectivity index (χ0) is 19.6. The predicted octanol–water partition coefficient (Wildman–Crippen LogP) is 1.91. The number of tetrazole rings is 1. The Kier molecular flexibility index (Phi) is 5.00. The van der Waals surface area contributed by atoms with Gasteiger partial charge in [-0.2, -0.15) is 4.68 Å². The highest BCUT2D eigenvalue weighted by Crippen LogP contribution is 2.19. The van der Waals surface area contributed by atoms with Crippen molar-refractivity contribution in [2.75, 3.05) is 5.32 Å². The highest BCUT2D eigenvalue weighted by Gasteiger charge is 2.30. The van der Waals surface area contributed by atoms with Crippen LogP contribution in [0.25, 0.3) is 5.69 Å². The number of anilines is 1. The summed E-state index contributed by atoms with van der Waals surface area (Å²) < 4.78 is 39.6. The number of rotatable bonds is 5. The number of carbonyl (C=O) groups excluding carboxylic acids is 1. The van der Waals surface area contributed by atoms with Crippen molar-refractivity contribution in [3.05, 3.63) is 60.2 Å². The number of aryl methyl sites for hydroxylation is 1. The van der Waals surface area contributed by atoms with Gasteiger partial charge in [-0.15, -0.1) is 5.10 Å². The van der Waals surface area contributed by atoms with Gasteiger partial charge in [-0.1, -0.05) is 6.07 Å². The van der Waals surface area contributed by atoms with Crippen LogP contribution in [0.5, 0.6) is 0 Å². The normalized spacial score (nSPS) is 12.6. The lowest BCUT2D eigenvalue weighted by Gasteiger charge is -2.14. The molecule has 0 saturated heterocycles. The van der Waals surface area contributed by atoms with Crippen LogP contribution in [0.2, 0.25) is 0 Å². The fourth-order valence-electron chi connectivity index (χ4n) is 2.40. The minimum atomic E-state index is -3.95. The molecule has 0 radical (unpaired) electrons. The maximum atomic E-state index is 13.0. The van der Waals surface area contributed by atoms with Crippen LogP contribution in [-0.4, -0.2) is 39.8 Å². The summed E-state index contributed by atoms with van der Waals surface area (Å²) in [5.41, 5.74) is 1.01. The molecular formula is C17H16FN5O3S. The second-order valence-electron chi connectivity index (χ2n) is 5.82. The molecular weight excluding hydrogens is 373 g/mol. The molecule has 140 valence electrons. The van der Waals surface area contributed by atoms with E-state index in [1.54, 1.807) is 31.2 Å². The van der Waals surface area contributed by atoms with E-state index < -0.39 is 26.8 Å². The molecule has 0 aliphatic heterocycles. The zero-order valence-electron chi connectivity index (χ0n) is 14.5.